The van der Waals surface area contributed by atoms with Gasteiger partial charge in [-0.1, -0.05) is 0 Å². The number of thiophene rings is 1. The first-order valence-electron chi connectivity index (χ1n) is 9.33. The molecular weight excluding hydrogens is 368 g/mol. The molecule has 1 aromatic heterocycles. The fourth-order valence-electron chi connectivity index (χ4n) is 3.18. The lowest BCUT2D eigenvalue weighted by molar-refractivity contribution is -0.150. The van der Waals surface area contributed by atoms with E-state index in [0.29, 0.717) is 23.7 Å². The van der Waals surface area contributed by atoms with Gasteiger partial charge in [-0.2, -0.15) is 0 Å². The molecule has 1 aromatic rings. The highest BCUT2D eigenvalue weighted by molar-refractivity contribution is 7.16. The number of hydrogen-bond acceptors (Lipinski definition) is 7. The number of rotatable bonds is 7. The lowest BCUT2D eigenvalue weighted by atomic mass is 9.98. The summed E-state index contributed by atoms with van der Waals surface area (Å²) in [5.41, 5.74) is 1.25. The molecule has 1 fully saturated rings. The number of nitrogens with zero attached hydrogens (tertiary/aromatic N) is 1. The van der Waals surface area contributed by atoms with Gasteiger partial charge in [0, 0.05) is 11.4 Å². The van der Waals surface area contributed by atoms with Crippen LogP contribution in [0.15, 0.2) is 0 Å². The Balaban J connectivity index is 2.00. The van der Waals surface area contributed by atoms with Crippen molar-refractivity contribution in [3.8, 4) is 0 Å². The molecule has 1 saturated heterocycles. The van der Waals surface area contributed by atoms with Gasteiger partial charge >= 0.3 is 11.9 Å². The molecule has 27 heavy (non-hydrogen) atoms. The summed E-state index contributed by atoms with van der Waals surface area (Å²) >= 11 is 1.37. The van der Waals surface area contributed by atoms with E-state index in [0.717, 1.165) is 29.8 Å². The van der Waals surface area contributed by atoms with Crippen molar-refractivity contribution in [2.75, 3.05) is 38.2 Å². The summed E-state index contributed by atoms with van der Waals surface area (Å²) in [5.74, 6) is -1.01. The molecule has 1 aliphatic rings. The third-order valence-corrected chi connectivity index (χ3v) is 5.73. The minimum Gasteiger partial charge on any atom is -0.466 e. The van der Waals surface area contributed by atoms with Crippen LogP contribution in [0, 0.1) is 19.8 Å². The van der Waals surface area contributed by atoms with Crippen LogP contribution in [0.4, 0.5) is 5.00 Å². The Morgan fingerprint density at radius 3 is 2.56 bits per heavy atom. The van der Waals surface area contributed by atoms with Crippen LogP contribution in [0.3, 0.4) is 0 Å². The molecule has 7 nitrogen and oxygen atoms in total. The molecule has 0 bridgehead atoms. The average molecular weight is 397 g/mol. The average Bonchev–Trinajstić information content (AvgIpc) is 2.89. The Hall–Kier alpha value is -1.93. The third kappa shape index (κ3) is 5.52. The number of nitrogens with one attached hydrogen (secondary N) is 1. The molecule has 0 radical (unpaired) electrons. The molecule has 0 unspecified atom stereocenters. The van der Waals surface area contributed by atoms with Crippen LogP contribution in [0.1, 0.15) is 47.5 Å². The molecule has 1 aliphatic heterocycles. The van der Waals surface area contributed by atoms with Crippen LogP contribution in [-0.4, -0.2) is 55.6 Å². The second-order valence-electron chi connectivity index (χ2n) is 6.58. The second kappa shape index (κ2) is 9.85. The summed E-state index contributed by atoms with van der Waals surface area (Å²) in [6, 6.07) is 0. The van der Waals surface area contributed by atoms with Crippen molar-refractivity contribution in [2.45, 2.75) is 40.5 Å². The fraction of sp³-hybridized carbons (Fsp3) is 0.632. The van der Waals surface area contributed by atoms with Gasteiger partial charge in [-0.05, 0) is 52.6 Å². The van der Waals surface area contributed by atoms with Gasteiger partial charge in [0.05, 0.1) is 31.2 Å². The molecule has 0 aromatic carbocycles. The molecule has 0 saturated carbocycles. The number of esters is 2. The van der Waals surface area contributed by atoms with Gasteiger partial charge in [-0.3, -0.25) is 14.5 Å². The number of amides is 1. The summed E-state index contributed by atoms with van der Waals surface area (Å²) in [5, 5.41) is 3.37. The van der Waals surface area contributed by atoms with E-state index in [2.05, 4.69) is 5.32 Å². The number of carbonyl (C=O) groups excluding carboxylic acids is 3. The minimum atomic E-state index is -0.421. The van der Waals surface area contributed by atoms with E-state index in [1.807, 2.05) is 18.7 Å². The Labute approximate surface area is 164 Å². The lowest BCUT2D eigenvalue weighted by Crippen LogP contribution is -2.43. The van der Waals surface area contributed by atoms with E-state index in [1.165, 1.54) is 11.3 Å². The first-order chi connectivity index (χ1) is 12.9. The van der Waals surface area contributed by atoms with Crippen LogP contribution in [0.2, 0.25) is 0 Å². The predicted molar refractivity (Wildman–Crippen MR) is 104 cm³/mol. The zero-order valence-electron chi connectivity index (χ0n) is 16.4. The second-order valence-corrected chi connectivity index (χ2v) is 7.81. The van der Waals surface area contributed by atoms with Gasteiger partial charge in [0.15, 0.2) is 0 Å². The van der Waals surface area contributed by atoms with Gasteiger partial charge < -0.3 is 14.8 Å². The van der Waals surface area contributed by atoms with Crippen LogP contribution in [-0.2, 0) is 19.1 Å². The molecule has 1 N–H and O–H groups in total. The number of piperidine rings is 1. The molecule has 0 aliphatic carbocycles. The Bertz CT molecular complexity index is 701. The quantitative estimate of drug-likeness (QED) is 0.714. The maximum atomic E-state index is 12.5. The molecule has 150 valence electrons. The summed E-state index contributed by atoms with van der Waals surface area (Å²) in [7, 11) is 0. The van der Waals surface area contributed by atoms with Crippen molar-refractivity contribution in [2.24, 2.45) is 5.92 Å². The molecule has 2 heterocycles. The first-order valence-corrected chi connectivity index (χ1v) is 10.1. The maximum Gasteiger partial charge on any atom is 0.341 e. The SMILES string of the molecule is CCOC(=O)c1c(NC(=O)CN2CCC[C@H](C(=O)OCC)C2)sc(C)c1C. The molecule has 1 amide bonds. The highest BCUT2D eigenvalue weighted by atomic mass is 32.1. The van der Waals surface area contributed by atoms with Gasteiger partial charge in [0.1, 0.15) is 5.00 Å². The van der Waals surface area contributed by atoms with E-state index < -0.39 is 5.97 Å². The van der Waals surface area contributed by atoms with Crippen molar-refractivity contribution in [1.82, 2.24) is 4.90 Å². The molecule has 2 rings (SSSR count). The number of carbonyl (C=O) groups is 3. The highest BCUT2D eigenvalue weighted by Crippen LogP contribution is 2.33. The number of hydrogen-bond donors (Lipinski definition) is 1. The first kappa shape index (κ1) is 21.4. The van der Waals surface area contributed by atoms with Gasteiger partial charge in [0.25, 0.3) is 0 Å². The number of likely N-dealkylation sites (tertiary alicyclic amines) is 1. The summed E-state index contributed by atoms with van der Waals surface area (Å²) < 4.78 is 10.2. The Kier molecular flexibility index (Phi) is 7.79. The Morgan fingerprint density at radius 2 is 1.89 bits per heavy atom. The topological polar surface area (TPSA) is 84.9 Å². The number of ether oxygens (including phenoxy) is 2. The van der Waals surface area contributed by atoms with E-state index in [9.17, 15) is 14.4 Å². The van der Waals surface area contributed by atoms with Crippen LogP contribution >= 0.6 is 11.3 Å². The van der Waals surface area contributed by atoms with Crippen molar-refractivity contribution in [3.05, 3.63) is 16.0 Å². The zero-order valence-corrected chi connectivity index (χ0v) is 17.2. The number of aryl methyl sites for hydroxylation is 1. The highest BCUT2D eigenvalue weighted by Gasteiger charge is 2.28. The Morgan fingerprint density at radius 1 is 1.19 bits per heavy atom. The third-order valence-electron chi connectivity index (χ3n) is 4.61. The molecule has 1 atom stereocenters. The lowest BCUT2D eigenvalue weighted by Gasteiger charge is -2.30. The summed E-state index contributed by atoms with van der Waals surface area (Å²) in [6.07, 6.45) is 1.63. The molecular formula is C19H28N2O5S. The maximum absolute atomic E-state index is 12.5. The fourth-order valence-corrected chi connectivity index (χ4v) is 4.25. The van der Waals surface area contributed by atoms with Gasteiger partial charge in [0.2, 0.25) is 5.91 Å². The van der Waals surface area contributed by atoms with E-state index in [1.54, 1.807) is 13.8 Å². The standard InChI is InChI=1S/C19H28N2O5S/c1-5-25-18(23)14-8-7-9-21(10-14)11-15(22)20-17-16(19(24)26-6-2)12(3)13(4)27-17/h14H,5-11H2,1-4H3,(H,20,22)/t14-/m0/s1. The monoisotopic (exact) mass is 396 g/mol. The largest absolute Gasteiger partial charge is 0.466 e. The minimum absolute atomic E-state index is 0.175. The van der Waals surface area contributed by atoms with Crippen molar-refractivity contribution in [3.63, 3.8) is 0 Å². The molecule has 0 spiro atoms. The normalized spacial score (nSPS) is 17.4. The number of anilines is 1. The smallest absolute Gasteiger partial charge is 0.341 e. The van der Waals surface area contributed by atoms with E-state index >= 15 is 0 Å². The van der Waals surface area contributed by atoms with Gasteiger partial charge in [-0.15, -0.1) is 11.3 Å². The van der Waals surface area contributed by atoms with E-state index in [-0.39, 0.29) is 30.9 Å². The molecule has 8 heteroatoms. The predicted octanol–water partition coefficient (Wildman–Crippen LogP) is 2.76. The van der Waals surface area contributed by atoms with Crippen LogP contribution in [0.25, 0.3) is 0 Å². The van der Waals surface area contributed by atoms with Crippen molar-refractivity contribution < 1.29 is 23.9 Å². The van der Waals surface area contributed by atoms with Crippen molar-refractivity contribution in [1.29, 1.82) is 0 Å². The summed E-state index contributed by atoms with van der Waals surface area (Å²) in [6.45, 7) is 9.39. The van der Waals surface area contributed by atoms with Crippen LogP contribution < -0.4 is 5.32 Å². The van der Waals surface area contributed by atoms with Crippen molar-refractivity contribution >= 4 is 34.2 Å². The van der Waals surface area contributed by atoms with Crippen LogP contribution in [0.5, 0.6) is 0 Å². The van der Waals surface area contributed by atoms with E-state index in [4.69, 9.17) is 9.47 Å². The van der Waals surface area contributed by atoms with Gasteiger partial charge in [-0.25, -0.2) is 4.79 Å². The summed E-state index contributed by atoms with van der Waals surface area (Å²) in [4.78, 5) is 39.6. The zero-order chi connectivity index (χ0) is 20.0.